The Hall–Kier alpha value is -3.33. The second kappa shape index (κ2) is 6.89. The van der Waals surface area contributed by atoms with Crippen molar-refractivity contribution in [2.75, 3.05) is 11.9 Å². The number of likely N-dealkylation sites (N-methyl/N-ethyl adjacent to an activating group) is 1. The summed E-state index contributed by atoms with van der Waals surface area (Å²) in [5.74, 6) is 0.0507. The van der Waals surface area contributed by atoms with Crippen LogP contribution in [0, 0.1) is 0 Å². The zero-order valence-electron chi connectivity index (χ0n) is 14.7. The number of rotatable bonds is 4. The lowest BCUT2D eigenvalue weighted by Gasteiger charge is -2.19. The van der Waals surface area contributed by atoms with Gasteiger partial charge in [0.1, 0.15) is 6.54 Å². The first-order valence-electron chi connectivity index (χ1n) is 8.69. The van der Waals surface area contributed by atoms with E-state index in [-0.39, 0.29) is 5.91 Å². The molecule has 0 saturated carbocycles. The van der Waals surface area contributed by atoms with Gasteiger partial charge in [-0.2, -0.15) is 0 Å². The summed E-state index contributed by atoms with van der Waals surface area (Å²) in [5, 5.41) is 1.14. The van der Waals surface area contributed by atoms with Crippen LogP contribution in [0.3, 0.4) is 0 Å². The van der Waals surface area contributed by atoms with Crippen LogP contribution >= 0.6 is 0 Å². The van der Waals surface area contributed by atoms with Gasteiger partial charge in [0.2, 0.25) is 5.91 Å². The lowest BCUT2D eigenvalue weighted by Crippen LogP contribution is -2.30. The number of fused-ring (bicyclic) bond motifs is 1. The van der Waals surface area contributed by atoms with Gasteiger partial charge in [-0.3, -0.25) is 4.79 Å². The largest absolute Gasteiger partial charge is 0.331 e. The van der Waals surface area contributed by atoms with Crippen molar-refractivity contribution in [2.24, 2.45) is 0 Å². The van der Waals surface area contributed by atoms with E-state index in [0.717, 1.165) is 27.8 Å². The topological polar surface area (TPSA) is 25.2 Å². The van der Waals surface area contributed by atoms with Crippen molar-refractivity contribution < 1.29 is 4.79 Å². The number of hydrogen-bond donors (Lipinski definition) is 0. The highest BCUT2D eigenvalue weighted by Crippen LogP contribution is 2.28. The predicted molar refractivity (Wildman–Crippen MR) is 107 cm³/mol. The zero-order valence-corrected chi connectivity index (χ0v) is 14.7. The lowest BCUT2D eigenvalue weighted by molar-refractivity contribution is -0.118. The molecule has 0 atom stereocenters. The van der Waals surface area contributed by atoms with Crippen molar-refractivity contribution in [3.05, 3.63) is 91.0 Å². The molecule has 4 rings (SSSR count). The monoisotopic (exact) mass is 340 g/mol. The summed E-state index contributed by atoms with van der Waals surface area (Å²) in [6.07, 6.45) is 0. The summed E-state index contributed by atoms with van der Waals surface area (Å²) in [7, 11) is 1.82. The van der Waals surface area contributed by atoms with Gasteiger partial charge in [-0.15, -0.1) is 0 Å². The highest BCUT2D eigenvalue weighted by atomic mass is 16.2. The fourth-order valence-corrected chi connectivity index (χ4v) is 3.27. The van der Waals surface area contributed by atoms with E-state index in [2.05, 4.69) is 34.9 Å². The highest BCUT2D eigenvalue weighted by Gasteiger charge is 2.16. The summed E-state index contributed by atoms with van der Waals surface area (Å²) in [6.45, 7) is 0.295. The van der Waals surface area contributed by atoms with Crippen LogP contribution in [0.15, 0.2) is 91.0 Å². The van der Waals surface area contributed by atoms with Crippen LogP contribution in [0.1, 0.15) is 0 Å². The molecule has 0 spiro atoms. The van der Waals surface area contributed by atoms with Gasteiger partial charge in [0.05, 0.1) is 0 Å². The fourth-order valence-electron chi connectivity index (χ4n) is 3.27. The van der Waals surface area contributed by atoms with E-state index >= 15 is 0 Å². The third-order valence-corrected chi connectivity index (χ3v) is 4.69. The highest BCUT2D eigenvalue weighted by molar-refractivity contribution is 5.95. The molecule has 0 aliphatic rings. The lowest BCUT2D eigenvalue weighted by atomic mass is 10.1. The third-order valence-electron chi connectivity index (χ3n) is 4.69. The van der Waals surface area contributed by atoms with Crippen molar-refractivity contribution >= 4 is 22.5 Å². The molecule has 0 N–H and O–H groups in total. The Kier molecular flexibility index (Phi) is 4.28. The number of amides is 1. The summed E-state index contributed by atoms with van der Waals surface area (Å²) in [4.78, 5) is 14.7. The molecule has 4 aromatic rings. The second-order valence-electron chi connectivity index (χ2n) is 6.33. The summed E-state index contributed by atoms with van der Waals surface area (Å²) >= 11 is 0. The van der Waals surface area contributed by atoms with Crippen LogP contribution in [0.5, 0.6) is 0 Å². The maximum atomic E-state index is 12.9. The molecule has 0 bridgehead atoms. The van der Waals surface area contributed by atoms with Crippen molar-refractivity contribution in [1.29, 1.82) is 0 Å². The minimum Gasteiger partial charge on any atom is -0.331 e. The van der Waals surface area contributed by atoms with E-state index in [1.807, 2.05) is 67.7 Å². The normalized spacial score (nSPS) is 10.8. The first-order valence-corrected chi connectivity index (χ1v) is 8.69. The molecule has 3 nitrogen and oxygen atoms in total. The minimum absolute atomic E-state index is 0.0507. The van der Waals surface area contributed by atoms with Gasteiger partial charge in [-0.05, 0) is 29.8 Å². The van der Waals surface area contributed by atoms with E-state index in [1.165, 1.54) is 0 Å². The van der Waals surface area contributed by atoms with Gasteiger partial charge in [0.25, 0.3) is 0 Å². The molecular formula is C23H20N2O. The van der Waals surface area contributed by atoms with Gasteiger partial charge >= 0.3 is 0 Å². The maximum Gasteiger partial charge on any atom is 0.246 e. The molecule has 3 heteroatoms. The molecule has 3 aromatic carbocycles. The Balaban J connectivity index is 1.75. The third kappa shape index (κ3) is 3.00. The van der Waals surface area contributed by atoms with Gasteiger partial charge in [0, 0.05) is 29.3 Å². The number of carbonyl (C=O) groups excluding carboxylic acids is 1. The van der Waals surface area contributed by atoms with Crippen LogP contribution in [-0.2, 0) is 11.3 Å². The van der Waals surface area contributed by atoms with Crippen LogP contribution in [-0.4, -0.2) is 17.5 Å². The molecular weight excluding hydrogens is 320 g/mol. The number of nitrogens with zero attached hydrogens (tertiary/aromatic N) is 2. The van der Waals surface area contributed by atoms with E-state index in [9.17, 15) is 4.79 Å². The second-order valence-corrected chi connectivity index (χ2v) is 6.33. The molecule has 0 saturated heterocycles. The number of benzene rings is 3. The SMILES string of the molecule is CN(C(=O)Cn1c(-c2ccccc2)cc2ccccc21)c1ccccc1. The number of anilines is 1. The zero-order chi connectivity index (χ0) is 17.9. The first-order chi connectivity index (χ1) is 12.7. The van der Waals surface area contributed by atoms with Crippen molar-refractivity contribution in [3.8, 4) is 11.3 Å². The standard InChI is InChI=1S/C23H20N2O/c1-24(20-13-6-3-7-14-20)23(26)17-25-21-15-9-8-12-19(21)16-22(25)18-10-4-2-5-11-18/h2-16H,17H2,1H3. The van der Waals surface area contributed by atoms with Crippen molar-refractivity contribution in [2.45, 2.75) is 6.54 Å². The molecule has 0 aliphatic carbocycles. The number of aromatic nitrogens is 1. The Morgan fingerprint density at radius 1 is 0.846 bits per heavy atom. The quantitative estimate of drug-likeness (QED) is 0.515. The molecule has 0 unspecified atom stereocenters. The van der Waals surface area contributed by atoms with Crippen molar-refractivity contribution in [3.63, 3.8) is 0 Å². The first kappa shape index (κ1) is 16.2. The van der Waals surface area contributed by atoms with Crippen LogP contribution in [0.2, 0.25) is 0 Å². The molecule has 1 amide bonds. The van der Waals surface area contributed by atoms with E-state index in [1.54, 1.807) is 4.90 Å². The molecule has 1 aromatic heterocycles. The molecule has 0 fully saturated rings. The smallest absolute Gasteiger partial charge is 0.246 e. The van der Waals surface area contributed by atoms with Gasteiger partial charge < -0.3 is 9.47 Å². The molecule has 1 heterocycles. The van der Waals surface area contributed by atoms with E-state index in [4.69, 9.17) is 0 Å². The van der Waals surface area contributed by atoms with E-state index < -0.39 is 0 Å². The average Bonchev–Trinajstić information content (AvgIpc) is 3.07. The summed E-state index contributed by atoms with van der Waals surface area (Å²) < 4.78 is 2.10. The Bertz CT molecular complexity index is 1040. The summed E-state index contributed by atoms with van der Waals surface area (Å²) in [5.41, 5.74) is 4.14. The fraction of sp³-hybridized carbons (Fsp3) is 0.0870. The van der Waals surface area contributed by atoms with Crippen LogP contribution in [0.4, 0.5) is 5.69 Å². The Labute approximate surface area is 153 Å². The minimum atomic E-state index is 0.0507. The Morgan fingerprint density at radius 2 is 1.46 bits per heavy atom. The maximum absolute atomic E-state index is 12.9. The van der Waals surface area contributed by atoms with Crippen LogP contribution in [0.25, 0.3) is 22.2 Å². The Morgan fingerprint density at radius 3 is 2.19 bits per heavy atom. The predicted octanol–water partition coefficient (Wildman–Crippen LogP) is 4.97. The number of hydrogen-bond acceptors (Lipinski definition) is 1. The van der Waals surface area contributed by atoms with Crippen molar-refractivity contribution in [1.82, 2.24) is 4.57 Å². The van der Waals surface area contributed by atoms with Gasteiger partial charge in [0.15, 0.2) is 0 Å². The van der Waals surface area contributed by atoms with E-state index in [0.29, 0.717) is 6.54 Å². The molecule has 0 radical (unpaired) electrons. The number of carbonyl (C=O) groups is 1. The number of para-hydroxylation sites is 2. The van der Waals surface area contributed by atoms with Crippen LogP contribution < -0.4 is 4.90 Å². The average molecular weight is 340 g/mol. The summed E-state index contributed by atoms with van der Waals surface area (Å²) in [6, 6.07) is 30.3. The van der Waals surface area contributed by atoms with Gasteiger partial charge in [-0.25, -0.2) is 0 Å². The molecule has 128 valence electrons. The van der Waals surface area contributed by atoms with Gasteiger partial charge in [-0.1, -0.05) is 66.7 Å². The molecule has 26 heavy (non-hydrogen) atoms. The molecule has 0 aliphatic heterocycles.